The van der Waals surface area contributed by atoms with Crippen molar-refractivity contribution in [2.45, 2.75) is 147 Å². The number of ether oxygens (including phenoxy) is 2. The monoisotopic (exact) mass is 658 g/mol. The first-order valence-electron chi connectivity index (χ1n) is 17.8. The van der Waals surface area contributed by atoms with Gasteiger partial charge in [0.25, 0.3) is 0 Å². The van der Waals surface area contributed by atoms with Gasteiger partial charge in [-0.15, -0.1) is 0 Å². The van der Waals surface area contributed by atoms with E-state index in [1.807, 2.05) is 0 Å². The minimum atomic E-state index is -5.57. The minimum absolute atomic E-state index is 0.0241. The number of fused-ring (bicyclic) bond motifs is 5. The zero-order chi connectivity index (χ0) is 33.5. The maximum atomic E-state index is 13.3. The van der Waals surface area contributed by atoms with Crippen molar-refractivity contribution in [1.82, 2.24) is 0 Å². The third-order valence-corrected chi connectivity index (χ3v) is 11.8. The molecule has 4 rings (SSSR count). The van der Waals surface area contributed by atoms with Crippen LogP contribution in [0.5, 0.6) is 5.75 Å². The first-order chi connectivity index (χ1) is 21.8. The summed E-state index contributed by atoms with van der Waals surface area (Å²) in [5.74, 6) is -2.61. The van der Waals surface area contributed by atoms with Gasteiger partial charge in [0.2, 0.25) is 0 Å². The predicted octanol–water partition coefficient (Wildman–Crippen LogP) is 10.2. The second kappa shape index (κ2) is 16.0. The van der Waals surface area contributed by atoms with Crippen LogP contribution < -0.4 is 4.74 Å². The van der Waals surface area contributed by atoms with Crippen LogP contribution >= 0.6 is 0 Å². The third kappa shape index (κ3) is 8.57. The topological polar surface area (TPSA) is 55.8 Å². The van der Waals surface area contributed by atoms with Crippen LogP contribution in [0.2, 0.25) is 0 Å². The van der Waals surface area contributed by atoms with E-state index in [1.165, 1.54) is 24.0 Å². The van der Waals surface area contributed by atoms with Crippen LogP contribution in [-0.4, -0.2) is 43.0 Å². The van der Waals surface area contributed by atoms with Crippen molar-refractivity contribution in [3.05, 3.63) is 29.3 Å². The van der Waals surface area contributed by atoms with Crippen molar-refractivity contribution in [3.8, 4) is 5.75 Å². The van der Waals surface area contributed by atoms with Crippen LogP contribution in [0.25, 0.3) is 0 Å². The Morgan fingerprint density at radius 3 is 2.33 bits per heavy atom. The van der Waals surface area contributed by atoms with Crippen LogP contribution in [-0.2, 0) is 16.0 Å². The quantitative estimate of drug-likeness (QED) is 0.103. The lowest BCUT2D eigenvalue weighted by molar-refractivity contribution is -0.284. The lowest BCUT2D eigenvalue weighted by Gasteiger charge is -2.53. The highest BCUT2D eigenvalue weighted by atomic mass is 19.4. The van der Waals surface area contributed by atoms with E-state index >= 15 is 0 Å². The minimum Gasteiger partial charge on any atom is -0.497 e. The molecule has 3 aliphatic rings. The molecule has 4 unspecified atom stereocenters. The maximum Gasteiger partial charge on any atom is 0.453 e. The number of hydrogen-bond acceptors (Lipinski definition) is 4. The van der Waals surface area contributed by atoms with E-state index in [4.69, 9.17) is 9.47 Å². The molecular weight excluding hydrogens is 603 g/mol. The molecule has 0 aromatic heterocycles. The molecule has 0 saturated heterocycles. The predicted molar refractivity (Wildman–Crippen MR) is 169 cm³/mol. The third-order valence-electron chi connectivity index (χ3n) is 11.8. The molecular formula is C37H55F5O4. The van der Waals surface area contributed by atoms with Gasteiger partial charge in [0, 0.05) is 6.42 Å². The van der Waals surface area contributed by atoms with Crippen molar-refractivity contribution >= 4 is 5.97 Å². The zero-order valence-electron chi connectivity index (χ0n) is 28.0. The summed E-state index contributed by atoms with van der Waals surface area (Å²) in [7, 11) is 1.72. The van der Waals surface area contributed by atoms with Gasteiger partial charge in [-0.1, -0.05) is 57.9 Å². The van der Waals surface area contributed by atoms with Crippen LogP contribution in [0, 0.1) is 29.1 Å². The van der Waals surface area contributed by atoms with Crippen LogP contribution in [0.15, 0.2) is 18.2 Å². The number of alkyl halides is 5. The van der Waals surface area contributed by atoms with Crippen LogP contribution in [0.1, 0.15) is 134 Å². The van der Waals surface area contributed by atoms with E-state index < -0.39 is 30.4 Å². The molecule has 9 heteroatoms. The Balaban J connectivity index is 1.20. The lowest BCUT2D eigenvalue weighted by atomic mass is 9.52. The fourth-order valence-electron chi connectivity index (χ4n) is 9.18. The highest BCUT2D eigenvalue weighted by molar-refractivity contribution is 5.72. The van der Waals surface area contributed by atoms with E-state index in [2.05, 4.69) is 25.1 Å². The van der Waals surface area contributed by atoms with Gasteiger partial charge in [-0.3, -0.25) is 4.79 Å². The fourth-order valence-corrected chi connectivity index (χ4v) is 9.18. The van der Waals surface area contributed by atoms with Gasteiger partial charge >= 0.3 is 18.1 Å². The zero-order valence-corrected chi connectivity index (χ0v) is 28.0. The number of carbonyl (C=O) groups is 1. The van der Waals surface area contributed by atoms with E-state index in [1.54, 1.807) is 14.0 Å². The maximum absolute atomic E-state index is 13.3. The Morgan fingerprint density at radius 2 is 1.65 bits per heavy atom. The number of esters is 1. The second-order valence-electron chi connectivity index (χ2n) is 14.6. The molecule has 0 aliphatic heterocycles. The van der Waals surface area contributed by atoms with Gasteiger partial charge in [-0.2, -0.15) is 22.0 Å². The molecule has 0 bridgehead atoms. The summed E-state index contributed by atoms with van der Waals surface area (Å²) >= 11 is 0. The average molecular weight is 659 g/mol. The first kappa shape index (κ1) is 36.9. The molecule has 1 N–H and O–H groups in total. The van der Waals surface area contributed by atoms with Crippen molar-refractivity contribution in [3.63, 3.8) is 0 Å². The Bertz CT molecular complexity index is 1120. The van der Waals surface area contributed by atoms with E-state index in [0.29, 0.717) is 30.1 Å². The molecule has 46 heavy (non-hydrogen) atoms. The van der Waals surface area contributed by atoms with Crippen molar-refractivity contribution in [1.29, 1.82) is 0 Å². The Hall–Kier alpha value is -1.90. The first-order valence-corrected chi connectivity index (χ1v) is 17.8. The van der Waals surface area contributed by atoms with Crippen molar-refractivity contribution < 1.29 is 41.3 Å². The number of rotatable bonds is 17. The number of benzene rings is 1. The highest BCUT2D eigenvalue weighted by Crippen LogP contribution is 2.62. The van der Waals surface area contributed by atoms with Gasteiger partial charge in [0.15, 0.2) is 0 Å². The van der Waals surface area contributed by atoms with Crippen LogP contribution in [0.3, 0.4) is 0 Å². The molecule has 0 amide bonds. The van der Waals surface area contributed by atoms with Gasteiger partial charge in [-0.05, 0) is 117 Å². The summed E-state index contributed by atoms with van der Waals surface area (Å²) in [6, 6.07) is 6.63. The molecule has 0 spiro atoms. The SMILES string of the molecule is CCOC(=O)C(CCCCCCCCC[C@@H]1Cc2cc(OC)ccc2C2CC[C@@]3(C)C(CC[C@@H]3O)C21)CCCC(F)(F)C(F)(F)F. The normalized spacial score (nSPS) is 28.2. The molecule has 0 radical (unpaired) electrons. The smallest absolute Gasteiger partial charge is 0.453 e. The second-order valence-corrected chi connectivity index (χ2v) is 14.6. The molecule has 2 saturated carbocycles. The number of aliphatic hydroxyl groups excluding tert-OH is 1. The fraction of sp³-hybridized carbons (Fsp3) is 0.811. The van der Waals surface area contributed by atoms with Crippen LogP contribution in [0.4, 0.5) is 22.0 Å². The molecule has 7 atom stereocenters. The molecule has 1 aromatic rings. The summed E-state index contributed by atoms with van der Waals surface area (Å²) in [5, 5.41) is 10.9. The van der Waals surface area contributed by atoms with Gasteiger partial charge in [0.05, 0.1) is 25.7 Å². The molecule has 1 aromatic carbocycles. The number of unbranched alkanes of at least 4 members (excludes halogenated alkanes) is 6. The van der Waals surface area contributed by atoms with Crippen molar-refractivity contribution in [2.24, 2.45) is 29.1 Å². The molecule has 262 valence electrons. The molecule has 4 nitrogen and oxygen atoms in total. The van der Waals surface area contributed by atoms with E-state index in [9.17, 15) is 31.9 Å². The summed E-state index contributed by atoms with van der Waals surface area (Å²) in [5.41, 5.74) is 2.96. The summed E-state index contributed by atoms with van der Waals surface area (Å²) in [6.45, 7) is 4.13. The number of halogens is 5. The average Bonchev–Trinajstić information content (AvgIpc) is 3.31. The number of methoxy groups -OCH3 is 1. The Morgan fingerprint density at radius 1 is 0.978 bits per heavy atom. The Kier molecular flexibility index (Phi) is 12.8. The van der Waals surface area contributed by atoms with Gasteiger partial charge in [-0.25, -0.2) is 0 Å². The van der Waals surface area contributed by atoms with Gasteiger partial charge < -0.3 is 14.6 Å². The molecule has 0 heterocycles. The highest BCUT2D eigenvalue weighted by Gasteiger charge is 2.57. The van der Waals surface area contributed by atoms with Gasteiger partial charge in [0.1, 0.15) is 5.75 Å². The summed E-state index contributed by atoms with van der Waals surface area (Å²) < 4.78 is 74.7. The van der Waals surface area contributed by atoms with Crippen molar-refractivity contribution in [2.75, 3.05) is 13.7 Å². The van der Waals surface area contributed by atoms with E-state index in [-0.39, 0.29) is 31.0 Å². The molecule has 2 fully saturated rings. The summed E-state index contributed by atoms with van der Waals surface area (Å²) in [4.78, 5) is 12.3. The Labute approximate surface area is 272 Å². The number of carbonyl (C=O) groups excluding carboxylic acids is 1. The number of aliphatic hydroxyl groups is 1. The van der Waals surface area contributed by atoms with E-state index in [0.717, 1.165) is 76.4 Å². The largest absolute Gasteiger partial charge is 0.497 e. The lowest BCUT2D eigenvalue weighted by Crippen LogP contribution is -2.47. The standard InChI is InChI=1S/C37H55F5O4/c1-4-46-34(44)25(15-12-21-36(38,39)37(40,41)42)13-10-8-6-5-7-9-11-14-26-23-27-24-28(45-3)16-17-29(27)30-20-22-35(2)31(33(26)30)18-19-32(35)43/h16-17,24-26,30-33,43H,4-15,18-23H2,1-3H3/t25?,26-,30?,31?,32+,33?,35+/m1/s1. The molecule has 3 aliphatic carbocycles. The summed E-state index contributed by atoms with van der Waals surface area (Å²) in [6.07, 6.45) is 6.65. The number of hydrogen-bond donors (Lipinski definition) is 1.